The van der Waals surface area contributed by atoms with Crippen molar-refractivity contribution in [3.05, 3.63) is 0 Å². The maximum Gasteiger partial charge on any atom is 0.163 e. The monoisotopic (exact) mass is 124 g/mol. The first-order chi connectivity index (χ1) is 4.34. The first kappa shape index (κ1) is 6.24. The molecule has 1 saturated heterocycles. The fourth-order valence-electron chi connectivity index (χ4n) is 0.879. The summed E-state index contributed by atoms with van der Waals surface area (Å²) in [5.74, 6) is -0.310. The highest BCUT2D eigenvalue weighted by Gasteiger charge is 2.20. The molecule has 0 bridgehead atoms. The zero-order chi connectivity index (χ0) is 6.69. The van der Waals surface area contributed by atoms with Crippen molar-refractivity contribution in [2.75, 3.05) is 13.1 Å². The number of nitriles is 1. The van der Waals surface area contributed by atoms with Crippen LogP contribution in [0, 0.1) is 17.2 Å². The van der Waals surface area contributed by atoms with E-state index in [0.29, 0.717) is 13.0 Å². The molecule has 9 heavy (non-hydrogen) atoms. The van der Waals surface area contributed by atoms with Crippen molar-refractivity contribution in [3.8, 4) is 6.07 Å². The fourth-order valence-corrected chi connectivity index (χ4v) is 0.879. The van der Waals surface area contributed by atoms with Gasteiger partial charge in [0.25, 0.3) is 0 Å². The summed E-state index contributed by atoms with van der Waals surface area (Å²) in [7, 11) is 0. The smallest absolute Gasteiger partial charge is 0.163 e. The van der Waals surface area contributed by atoms with Gasteiger partial charge in [-0.1, -0.05) is 0 Å². The molecule has 0 amide bonds. The number of piperidine rings is 1. The van der Waals surface area contributed by atoms with Crippen LogP contribution in [0.2, 0.25) is 0 Å². The SMILES string of the molecule is N#C[C@H]1CCNCC1=O. The Morgan fingerprint density at radius 1 is 1.78 bits per heavy atom. The lowest BCUT2D eigenvalue weighted by atomic mass is 9.99. The van der Waals surface area contributed by atoms with E-state index in [2.05, 4.69) is 5.32 Å². The third kappa shape index (κ3) is 1.27. The largest absolute Gasteiger partial charge is 0.310 e. The minimum absolute atomic E-state index is 0.0313. The topological polar surface area (TPSA) is 52.9 Å². The number of nitrogens with one attached hydrogen (secondary N) is 1. The minimum atomic E-state index is -0.341. The summed E-state index contributed by atoms with van der Waals surface area (Å²) in [6.45, 7) is 1.17. The van der Waals surface area contributed by atoms with Crippen molar-refractivity contribution in [2.45, 2.75) is 6.42 Å². The van der Waals surface area contributed by atoms with Crippen molar-refractivity contribution < 1.29 is 4.79 Å². The number of ketones is 1. The summed E-state index contributed by atoms with van der Waals surface area (Å²) >= 11 is 0. The van der Waals surface area contributed by atoms with E-state index in [1.807, 2.05) is 6.07 Å². The van der Waals surface area contributed by atoms with Gasteiger partial charge in [0.2, 0.25) is 0 Å². The van der Waals surface area contributed by atoms with Crippen molar-refractivity contribution in [1.82, 2.24) is 5.32 Å². The number of carbonyl (C=O) groups excluding carboxylic acids is 1. The molecule has 0 saturated carbocycles. The van der Waals surface area contributed by atoms with Crippen molar-refractivity contribution >= 4 is 5.78 Å². The predicted octanol–water partition coefficient (Wildman–Crippen LogP) is -0.311. The van der Waals surface area contributed by atoms with E-state index in [9.17, 15) is 4.79 Å². The molecule has 48 valence electrons. The molecule has 1 aliphatic rings. The molecule has 3 heteroatoms. The number of Topliss-reactive ketones (excluding diaryl/α,β-unsaturated/α-hetero) is 1. The highest BCUT2D eigenvalue weighted by atomic mass is 16.1. The summed E-state index contributed by atoms with van der Waals surface area (Å²) in [4.78, 5) is 10.7. The fraction of sp³-hybridized carbons (Fsp3) is 0.667. The Labute approximate surface area is 53.7 Å². The first-order valence-corrected chi connectivity index (χ1v) is 2.97. The maximum atomic E-state index is 10.7. The summed E-state index contributed by atoms with van der Waals surface area (Å²) in [5.41, 5.74) is 0. The molecule has 1 heterocycles. The standard InChI is InChI=1S/C6H8N2O/c7-3-5-1-2-8-4-6(5)9/h5,8H,1-2,4H2/t5-/m1/s1. The average molecular weight is 124 g/mol. The zero-order valence-corrected chi connectivity index (χ0v) is 5.05. The predicted molar refractivity (Wildman–Crippen MR) is 31.6 cm³/mol. The molecule has 3 nitrogen and oxygen atoms in total. The number of rotatable bonds is 0. The quantitative estimate of drug-likeness (QED) is 0.482. The van der Waals surface area contributed by atoms with Crippen LogP contribution < -0.4 is 5.32 Å². The Kier molecular flexibility index (Phi) is 1.81. The summed E-state index contributed by atoms with van der Waals surface area (Å²) in [5, 5.41) is 11.3. The van der Waals surface area contributed by atoms with E-state index in [1.54, 1.807) is 0 Å². The number of nitrogens with zero attached hydrogens (tertiary/aromatic N) is 1. The van der Waals surface area contributed by atoms with Gasteiger partial charge in [-0.25, -0.2) is 0 Å². The molecule has 1 rings (SSSR count). The molecule has 1 atom stereocenters. The number of hydrogen-bond donors (Lipinski definition) is 1. The van der Waals surface area contributed by atoms with Gasteiger partial charge in [0.15, 0.2) is 5.78 Å². The van der Waals surface area contributed by atoms with Crippen LogP contribution in [0.3, 0.4) is 0 Å². The lowest BCUT2D eigenvalue weighted by Gasteiger charge is -2.14. The van der Waals surface area contributed by atoms with Crippen molar-refractivity contribution in [3.63, 3.8) is 0 Å². The molecule has 0 radical (unpaired) electrons. The van der Waals surface area contributed by atoms with Gasteiger partial charge in [-0.15, -0.1) is 0 Å². The molecule has 0 unspecified atom stereocenters. The van der Waals surface area contributed by atoms with E-state index in [1.165, 1.54) is 0 Å². The highest BCUT2D eigenvalue weighted by Crippen LogP contribution is 2.04. The highest BCUT2D eigenvalue weighted by molar-refractivity contribution is 5.85. The van der Waals surface area contributed by atoms with Crippen molar-refractivity contribution in [2.24, 2.45) is 5.92 Å². The summed E-state index contributed by atoms with van der Waals surface area (Å²) in [6.07, 6.45) is 0.676. The normalized spacial score (nSPS) is 27.4. The molecule has 1 aliphatic heterocycles. The van der Waals surface area contributed by atoms with Crippen LogP contribution in [-0.4, -0.2) is 18.9 Å². The Morgan fingerprint density at radius 2 is 2.56 bits per heavy atom. The second-order valence-electron chi connectivity index (χ2n) is 2.11. The Hall–Kier alpha value is -0.880. The second-order valence-corrected chi connectivity index (χ2v) is 2.11. The summed E-state index contributed by atoms with van der Waals surface area (Å²) in [6, 6.07) is 1.96. The minimum Gasteiger partial charge on any atom is -0.310 e. The van der Waals surface area contributed by atoms with Gasteiger partial charge in [0.05, 0.1) is 12.6 Å². The van der Waals surface area contributed by atoms with Crippen LogP contribution in [0.1, 0.15) is 6.42 Å². The lowest BCUT2D eigenvalue weighted by Crippen LogP contribution is -2.36. The third-order valence-corrected chi connectivity index (χ3v) is 1.45. The van der Waals surface area contributed by atoms with E-state index in [4.69, 9.17) is 5.26 Å². The third-order valence-electron chi connectivity index (χ3n) is 1.45. The first-order valence-electron chi connectivity index (χ1n) is 2.97. The van der Waals surface area contributed by atoms with Crippen LogP contribution in [0.25, 0.3) is 0 Å². The van der Waals surface area contributed by atoms with Gasteiger partial charge in [0.1, 0.15) is 5.92 Å². The molecular formula is C6H8N2O. The van der Waals surface area contributed by atoms with Crippen LogP contribution >= 0.6 is 0 Å². The van der Waals surface area contributed by atoms with Crippen molar-refractivity contribution in [1.29, 1.82) is 5.26 Å². The van der Waals surface area contributed by atoms with Crippen LogP contribution in [0.5, 0.6) is 0 Å². The van der Waals surface area contributed by atoms with Gasteiger partial charge >= 0.3 is 0 Å². The molecule has 0 aromatic heterocycles. The van der Waals surface area contributed by atoms with E-state index < -0.39 is 0 Å². The zero-order valence-electron chi connectivity index (χ0n) is 5.05. The Morgan fingerprint density at radius 3 is 3.00 bits per heavy atom. The molecular weight excluding hydrogens is 116 g/mol. The molecule has 1 fully saturated rings. The second kappa shape index (κ2) is 2.60. The van der Waals surface area contributed by atoms with E-state index >= 15 is 0 Å². The van der Waals surface area contributed by atoms with E-state index in [-0.39, 0.29) is 11.7 Å². The van der Waals surface area contributed by atoms with Gasteiger partial charge < -0.3 is 5.32 Å². The molecule has 0 spiro atoms. The van der Waals surface area contributed by atoms with Crippen LogP contribution in [0.15, 0.2) is 0 Å². The maximum absolute atomic E-state index is 10.7. The molecule has 0 aromatic carbocycles. The average Bonchev–Trinajstić information content (AvgIpc) is 1.89. The van der Waals surface area contributed by atoms with Gasteiger partial charge in [-0.3, -0.25) is 4.79 Å². The Bertz CT molecular complexity index is 159. The van der Waals surface area contributed by atoms with E-state index in [0.717, 1.165) is 6.54 Å². The molecule has 1 N–H and O–H groups in total. The number of carbonyl (C=O) groups is 1. The van der Waals surface area contributed by atoms with Crippen LogP contribution in [0.4, 0.5) is 0 Å². The summed E-state index contributed by atoms with van der Waals surface area (Å²) < 4.78 is 0. The Balaban J connectivity index is 2.51. The van der Waals surface area contributed by atoms with Crippen LogP contribution in [-0.2, 0) is 4.79 Å². The van der Waals surface area contributed by atoms with Gasteiger partial charge in [-0.05, 0) is 13.0 Å². The van der Waals surface area contributed by atoms with Gasteiger partial charge in [-0.2, -0.15) is 5.26 Å². The lowest BCUT2D eigenvalue weighted by molar-refractivity contribution is -0.121. The number of hydrogen-bond acceptors (Lipinski definition) is 3. The van der Waals surface area contributed by atoms with Gasteiger partial charge in [0, 0.05) is 0 Å². The molecule has 0 aromatic rings. The molecule has 0 aliphatic carbocycles.